The minimum Gasteiger partial charge on any atom is -0.388 e. The van der Waals surface area contributed by atoms with Gasteiger partial charge in [-0.05, 0) is 49.9 Å². The molecule has 0 aromatic carbocycles. The van der Waals surface area contributed by atoms with Crippen LogP contribution < -0.4 is 0 Å². The fraction of sp³-hybridized carbons (Fsp3) is 0.941. The Kier molecular flexibility index (Phi) is 3.98. The van der Waals surface area contributed by atoms with Crippen LogP contribution in [0, 0.1) is 28.1 Å². The highest BCUT2D eigenvalue weighted by Crippen LogP contribution is 2.55. The first-order chi connectivity index (χ1) is 8.86. The first kappa shape index (κ1) is 14.9. The first-order valence-corrected chi connectivity index (χ1v) is 8.00. The molecule has 2 heteroatoms. The molecule has 1 N–H and O–H groups in total. The molecule has 0 aromatic heterocycles. The largest absolute Gasteiger partial charge is 0.388 e. The predicted octanol–water partition coefficient (Wildman–Crippen LogP) is 4.43. The van der Waals surface area contributed by atoms with E-state index in [-0.39, 0.29) is 0 Å². The fourth-order valence-corrected chi connectivity index (χ4v) is 4.19. The van der Waals surface area contributed by atoms with Crippen LogP contribution in [0.1, 0.15) is 78.6 Å². The third-order valence-electron chi connectivity index (χ3n) is 5.97. The molecule has 0 amide bonds. The van der Waals surface area contributed by atoms with Crippen molar-refractivity contribution in [2.75, 3.05) is 0 Å². The molecule has 2 nitrogen and oxygen atoms in total. The quantitative estimate of drug-likeness (QED) is 0.801. The second-order valence-electron chi connectivity index (χ2n) is 7.76. The minimum atomic E-state index is -0.731. The van der Waals surface area contributed by atoms with Crippen LogP contribution in [0.4, 0.5) is 0 Å². The van der Waals surface area contributed by atoms with Crippen LogP contribution in [-0.2, 0) is 0 Å². The average Bonchev–Trinajstić information content (AvgIpc) is 2.42. The van der Waals surface area contributed by atoms with Gasteiger partial charge in [0.25, 0.3) is 0 Å². The van der Waals surface area contributed by atoms with E-state index in [2.05, 4.69) is 26.8 Å². The van der Waals surface area contributed by atoms with Gasteiger partial charge in [-0.2, -0.15) is 5.26 Å². The summed E-state index contributed by atoms with van der Waals surface area (Å²) < 4.78 is 0. The highest BCUT2D eigenvalue weighted by molar-refractivity contribution is 5.14. The standard InChI is InChI=1S/C17H29NO/c1-4-14-6-5-7-16(12-14,13-18)17(19)10-8-15(2,3)9-11-17/h14,19H,4-12H2,1-3H3. The van der Waals surface area contributed by atoms with Crippen LogP contribution in [0.3, 0.4) is 0 Å². The van der Waals surface area contributed by atoms with Gasteiger partial charge in [-0.15, -0.1) is 0 Å². The maximum absolute atomic E-state index is 11.2. The van der Waals surface area contributed by atoms with Crippen molar-refractivity contribution in [1.82, 2.24) is 0 Å². The Morgan fingerprint density at radius 1 is 1.16 bits per heavy atom. The van der Waals surface area contributed by atoms with E-state index in [1.54, 1.807) is 0 Å². The fourth-order valence-electron chi connectivity index (χ4n) is 4.19. The van der Waals surface area contributed by atoms with Crippen molar-refractivity contribution in [3.05, 3.63) is 0 Å². The Bertz CT molecular complexity index is 358. The van der Waals surface area contributed by atoms with Crippen LogP contribution in [0.2, 0.25) is 0 Å². The summed E-state index contributed by atoms with van der Waals surface area (Å²) in [6, 6.07) is 2.57. The Morgan fingerprint density at radius 2 is 1.79 bits per heavy atom. The van der Waals surface area contributed by atoms with Crippen LogP contribution in [0.25, 0.3) is 0 Å². The third-order valence-corrected chi connectivity index (χ3v) is 5.97. The molecule has 2 aliphatic carbocycles. The van der Waals surface area contributed by atoms with Crippen molar-refractivity contribution in [3.8, 4) is 6.07 Å². The predicted molar refractivity (Wildman–Crippen MR) is 77.5 cm³/mol. The molecule has 2 rings (SSSR count). The summed E-state index contributed by atoms with van der Waals surface area (Å²) in [7, 11) is 0. The molecule has 0 aromatic rings. The van der Waals surface area contributed by atoms with E-state index in [1.807, 2.05) is 0 Å². The average molecular weight is 263 g/mol. The molecule has 2 fully saturated rings. The Morgan fingerprint density at radius 3 is 2.32 bits per heavy atom. The highest BCUT2D eigenvalue weighted by atomic mass is 16.3. The molecule has 19 heavy (non-hydrogen) atoms. The molecule has 2 unspecified atom stereocenters. The molecule has 0 aliphatic heterocycles. The molecule has 0 radical (unpaired) electrons. The van der Waals surface area contributed by atoms with Gasteiger partial charge >= 0.3 is 0 Å². The molecule has 0 bridgehead atoms. The van der Waals surface area contributed by atoms with E-state index in [0.29, 0.717) is 11.3 Å². The Hall–Kier alpha value is -0.550. The van der Waals surface area contributed by atoms with E-state index in [0.717, 1.165) is 51.4 Å². The van der Waals surface area contributed by atoms with Crippen LogP contribution in [0.5, 0.6) is 0 Å². The van der Waals surface area contributed by atoms with Gasteiger partial charge in [0.15, 0.2) is 0 Å². The molecule has 0 saturated heterocycles. The summed E-state index contributed by atoms with van der Waals surface area (Å²) in [5.74, 6) is 0.632. The second-order valence-corrected chi connectivity index (χ2v) is 7.76. The van der Waals surface area contributed by atoms with Gasteiger partial charge in [-0.25, -0.2) is 0 Å². The van der Waals surface area contributed by atoms with E-state index in [4.69, 9.17) is 0 Å². The summed E-state index contributed by atoms with van der Waals surface area (Å²) in [5.41, 5.74) is -0.866. The monoisotopic (exact) mass is 263 g/mol. The highest BCUT2D eigenvalue weighted by Gasteiger charge is 2.54. The number of nitrogens with zero attached hydrogens (tertiary/aromatic N) is 1. The molecule has 2 atom stereocenters. The van der Waals surface area contributed by atoms with Crippen LogP contribution >= 0.6 is 0 Å². The SMILES string of the molecule is CCC1CCCC(C#N)(C2(O)CCC(C)(C)CC2)C1. The summed E-state index contributed by atoms with van der Waals surface area (Å²) in [6.07, 6.45) is 9.01. The zero-order valence-corrected chi connectivity index (χ0v) is 12.8. The summed E-state index contributed by atoms with van der Waals surface area (Å²) >= 11 is 0. The number of rotatable bonds is 2. The van der Waals surface area contributed by atoms with E-state index < -0.39 is 11.0 Å². The van der Waals surface area contributed by atoms with Gasteiger partial charge in [0.1, 0.15) is 0 Å². The number of nitriles is 1. The van der Waals surface area contributed by atoms with Gasteiger partial charge in [-0.1, -0.05) is 40.0 Å². The molecular formula is C17H29NO. The lowest BCUT2D eigenvalue weighted by Gasteiger charge is -2.51. The smallest absolute Gasteiger partial charge is 0.0862 e. The van der Waals surface area contributed by atoms with Crippen molar-refractivity contribution in [3.63, 3.8) is 0 Å². The zero-order valence-electron chi connectivity index (χ0n) is 12.8. The van der Waals surface area contributed by atoms with Crippen LogP contribution in [-0.4, -0.2) is 10.7 Å². The van der Waals surface area contributed by atoms with Crippen molar-refractivity contribution in [2.45, 2.75) is 84.2 Å². The molecular weight excluding hydrogens is 234 g/mol. The van der Waals surface area contributed by atoms with Crippen molar-refractivity contribution >= 4 is 0 Å². The van der Waals surface area contributed by atoms with Gasteiger partial charge < -0.3 is 5.11 Å². The topological polar surface area (TPSA) is 44.0 Å². The molecule has 0 heterocycles. The lowest BCUT2D eigenvalue weighted by atomic mass is 9.55. The van der Waals surface area contributed by atoms with E-state index in [9.17, 15) is 10.4 Å². The van der Waals surface area contributed by atoms with Crippen molar-refractivity contribution in [1.29, 1.82) is 5.26 Å². The molecule has 108 valence electrons. The summed E-state index contributed by atoms with van der Waals surface area (Å²) in [6.45, 7) is 6.77. The van der Waals surface area contributed by atoms with Gasteiger partial charge in [0, 0.05) is 0 Å². The third kappa shape index (κ3) is 2.68. The maximum Gasteiger partial charge on any atom is 0.0862 e. The zero-order chi connectivity index (χ0) is 14.1. The van der Waals surface area contributed by atoms with Gasteiger partial charge in [0.2, 0.25) is 0 Å². The Balaban J connectivity index is 2.19. The summed E-state index contributed by atoms with van der Waals surface area (Å²) in [4.78, 5) is 0. The van der Waals surface area contributed by atoms with Crippen LogP contribution in [0.15, 0.2) is 0 Å². The second kappa shape index (κ2) is 5.09. The molecule has 0 spiro atoms. The Labute approximate surface area is 118 Å². The normalized spacial score (nSPS) is 37.5. The van der Waals surface area contributed by atoms with Crippen molar-refractivity contribution in [2.24, 2.45) is 16.7 Å². The lowest BCUT2D eigenvalue weighted by molar-refractivity contribution is -0.121. The van der Waals surface area contributed by atoms with Gasteiger partial charge in [-0.3, -0.25) is 0 Å². The number of hydrogen-bond acceptors (Lipinski definition) is 2. The first-order valence-electron chi connectivity index (χ1n) is 8.00. The van der Waals surface area contributed by atoms with E-state index in [1.165, 1.54) is 6.42 Å². The minimum absolute atomic E-state index is 0.335. The lowest BCUT2D eigenvalue weighted by Crippen LogP contribution is -2.52. The van der Waals surface area contributed by atoms with E-state index >= 15 is 0 Å². The molecule has 2 aliphatic rings. The molecule has 2 saturated carbocycles. The maximum atomic E-state index is 11.2. The number of hydrogen-bond donors (Lipinski definition) is 1. The van der Waals surface area contributed by atoms with Crippen molar-refractivity contribution < 1.29 is 5.11 Å². The summed E-state index contributed by atoms with van der Waals surface area (Å²) in [5, 5.41) is 21.0. The number of aliphatic hydroxyl groups is 1. The van der Waals surface area contributed by atoms with Gasteiger partial charge in [0.05, 0.1) is 17.1 Å².